The van der Waals surface area contributed by atoms with Crippen LogP contribution in [-0.2, 0) is 6.61 Å². The van der Waals surface area contributed by atoms with Gasteiger partial charge in [0.05, 0.1) is 14.6 Å². The molecular formula is C22H17Br2Cl2NO. The minimum absolute atomic E-state index is 0.336. The molecule has 3 rings (SSSR count). The number of hydrogen-bond donors (Lipinski definition) is 0. The first-order valence-corrected chi connectivity index (χ1v) is 10.9. The van der Waals surface area contributed by atoms with Crippen molar-refractivity contribution in [1.82, 2.24) is 0 Å². The molecule has 0 heterocycles. The number of aliphatic imine (C=N–C) groups is 1. The second-order valence-electron chi connectivity index (χ2n) is 6.32. The Morgan fingerprint density at radius 3 is 2.39 bits per heavy atom. The summed E-state index contributed by atoms with van der Waals surface area (Å²) in [5.74, 6) is 0.704. The standard InChI is InChI=1S/C22H17Br2Cl2NO/c1-13-4-3-5-21(14(13)2)27-11-15-8-18(23)22(19(24)9-15)28-12-16-6-7-17(25)10-20(16)26/h3-11H,12H2,1-2H3. The topological polar surface area (TPSA) is 21.6 Å². The van der Waals surface area contributed by atoms with Gasteiger partial charge in [0.1, 0.15) is 12.4 Å². The highest BCUT2D eigenvalue weighted by Crippen LogP contribution is 2.36. The first-order valence-electron chi connectivity index (χ1n) is 8.51. The van der Waals surface area contributed by atoms with Crippen molar-refractivity contribution in [3.63, 3.8) is 0 Å². The molecule has 0 aliphatic heterocycles. The molecule has 0 saturated carbocycles. The molecule has 0 aliphatic carbocycles. The average molecular weight is 542 g/mol. The average Bonchev–Trinajstić information content (AvgIpc) is 2.64. The molecule has 0 unspecified atom stereocenters. The van der Waals surface area contributed by atoms with Crippen LogP contribution in [0.2, 0.25) is 10.0 Å². The second-order valence-corrected chi connectivity index (χ2v) is 8.87. The molecule has 0 saturated heterocycles. The summed E-state index contributed by atoms with van der Waals surface area (Å²) in [5.41, 5.74) is 5.19. The highest BCUT2D eigenvalue weighted by Gasteiger charge is 2.10. The van der Waals surface area contributed by atoms with Gasteiger partial charge >= 0.3 is 0 Å². The number of hydrogen-bond acceptors (Lipinski definition) is 2. The lowest BCUT2D eigenvalue weighted by Crippen LogP contribution is -1.98. The lowest BCUT2D eigenvalue weighted by atomic mass is 10.1. The van der Waals surface area contributed by atoms with Crippen molar-refractivity contribution in [3.05, 3.63) is 89.8 Å². The second kappa shape index (κ2) is 9.45. The molecule has 0 aromatic heterocycles. The third-order valence-electron chi connectivity index (χ3n) is 4.34. The van der Waals surface area contributed by atoms with Crippen molar-refractivity contribution in [2.45, 2.75) is 20.5 Å². The fourth-order valence-corrected chi connectivity index (χ4v) is 4.51. The van der Waals surface area contributed by atoms with Crippen LogP contribution in [0, 0.1) is 13.8 Å². The van der Waals surface area contributed by atoms with E-state index in [0.29, 0.717) is 22.4 Å². The van der Waals surface area contributed by atoms with E-state index < -0.39 is 0 Å². The summed E-state index contributed by atoms with van der Waals surface area (Å²) >= 11 is 19.3. The predicted octanol–water partition coefficient (Wildman–Crippen LogP) is 8.46. The quantitative estimate of drug-likeness (QED) is 0.297. The summed E-state index contributed by atoms with van der Waals surface area (Å²) < 4.78 is 7.62. The van der Waals surface area contributed by atoms with E-state index in [2.05, 4.69) is 56.8 Å². The smallest absolute Gasteiger partial charge is 0.148 e. The molecule has 0 bridgehead atoms. The molecule has 3 aromatic rings. The lowest BCUT2D eigenvalue weighted by Gasteiger charge is -2.12. The largest absolute Gasteiger partial charge is 0.486 e. The molecular weight excluding hydrogens is 525 g/mol. The summed E-state index contributed by atoms with van der Waals surface area (Å²) in [5, 5.41) is 1.18. The van der Waals surface area contributed by atoms with Crippen molar-refractivity contribution in [3.8, 4) is 5.75 Å². The van der Waals surface area contributed by atoms with Crippen LogP contribution in [0.4, 0.5) is 5.69 Å². The van der Waals surface area contributed by atoms with E-state index in [1.165, 1.54) is 11.1 Å². The maximum absolute atomic E-state index is 6.22. The Hall–Kier alpha value is -1.33. The Labute approximate surface area is 191 Å². The molecule has 6 heteroatoms. The fourth-order valence-electron chi connectivity index (χ4n) is 2.60. The minimum Gasteiger partial charge on any atom is -0.486 e. The summed E-state index contributed by atoms with van der Waals surface area (Å²) in [4.78, 5) is 4.62. The van der Waals surface area contributed by atoms with E-state index in [1.54, 1.807) is 12.1 Å². The maximum Gasteiger partial charge on any atom is 0.148 e. The predicted molar refractivity (Wildman–Crippen MR) is 126 cm³/mol. The molecule has 0 atom stereocenters. The molecule has 144 valence electrons. The van der Waals surface area contributed by atoms with E-state index in [-0.39, 0.29) is 0 Å². The molecule has 0 N–H and O–H groups in total. The van der Waals surface area contributed by atoms with Crippen LogP contribution in [0.25, 0.3) is 0 Å². The zero-order valence-corrected chi connectivity index (χ0v) is 20.0. The Morgan fingerprint density at radius 2 is 1.71 bits per heavy atom. The number of nitrogens with zero attached hydrogens (tertiary/aromatic N) is 1. The highest BCUT2D eigenvalue weighted by molar-refractivity contribution is 9.11. The summed E-state index contributed by atoms with van der Waals surface area (Å²) in [7, 11) is 0. The third-order valence-corrected chi connectivity index (χ3v) is 6.10. The van der Waals surface area contributed by atoms with Crippen LogP contribution in [0.1, 0.15) is 22.3 Å². The zero-order chi connectivity index (χ0) is 20.3. The third kappa shape index (κ3) is 5.18. The van der Waals surface area contributed by atoms with Gasteiger partial charge in [-0.05, 0) is 92.7 Å². The van der Waals surface area contributed by atoms with Gasteiger partial charge in [-0.2, -0.15) is 0 Å². The first-order chi connectivity index (χ1) is 13.3. The Morgan fingerprint density at radius 1 is 1.00 bits per heavy atom. The van der Waals surface area contributed by atoms with Crippen molar-refractivity contribution < 1.29 is 4.74 Å². The van der Waals surface area contributed by atoms with Crippen molar-refractivity contribution in [1.29, 1.82) is 0 Å². The van der Waals surface area contributed by atoms with Crippen molar-refractivity contribution in [2.75, 3.05) is 0 Å². The Balaban J connectivity index is 1.79. The molecule has 0 radical (unpaired) electrons. The first kappa shape index (κ1) is 21.4. The Kier molecular flexibility index (Phi) is 7.21. The van der Waals surface area contributed by atoms with E-state index in [1.807, 2.05) is 36.5 Å². The Bertz CT molecular complexity index is 1030. The summed E-state index contributed by atoms with van der Waals surface area (Å²) in [6.07, 6.45) is 1.84. The molecule has 0 aliphatic rings. The fraction of sp³-hybridized carbons (Fsp3) is 0.136. The monoisotopic (exact) mass is 539 g/mol. The normalized spacial score (nSPS) is 11.2. The molecule has 2 nitrogen and oxygen atoms in total. The van der Waals surface area contributed by atoms with Gasteiger partial charge in [-0.1, -0.05) is 41.4 Å². The highest BCUT2D eigenvalue weighted by atomic mass is 79.9. The van der Waals surface area contributed by atoms with Gasteiger partial charge in [-0.25, -0.2) is 0 Å². The van der Waals surface area contributed by atoms with Crippen LogP contribution in [0.5, 0.6) is 5.75 Å². The van der Waals surface area contributed by atoms with E-state index in [0.717, 1.165) is 25.8 Å². The van der Waals surface area contributed by atoms with Crippen LogP contribution >= 0.6 is 55.1 Å². The van der Waals surface area contributed by atoms with Gasteiger partial charge < -0.3 is 4.74 Å². The van der Waals surface area contributed by atoms with E-state index in [9.17, 15) is 0 Å². The van der Waals surface area contributed by atoms with Crippen LogP contribution in [0.15, 0.2) is 62.5 Å². The van der Waals surface area contributed by atoms with Crippen LogP contribution < -0.4 is 4.74 Å². The van der Waals surface area contributed by atoms with Crippen molar-refractivity contribution >= 4 is 67.0 Å². The number of aryl methyl sites for hydroxylation is 1. The van der Waals surface area contributed by atoms with Crippen LogP contribution in [0.3, 0.4) is 0 Å². The summed E-state index contributed by atoms with van der Waals surface area (Å²) in [6, 6.07) is 15.4. The van der Waals surface area contributed by atoms with Gasteiger partial charge in [0.2, 0.25) is 0 Å². The van der Waals surface area contributed by atoms with Crippen molar-refractivity contribution in [2.24, 2.45) is 4.99 Å². The van der Waals surface area contributed by atoms with E-state index in [4.69, 9.17) is 27.9 Å². The lowest BCUT2D eigenvalue weighted by molar-refractivity contribution is 0.302. The minimum atomic E-state index is 0.336. The van der Waals surface area contributed by atoms with Crippen LogP contribution in [-0.4, -0.2) is 6.21 Å². The SMILES string of the molecule is Cc1cccc(N=Cc2cc(Br)c(OCc3ccc(Cl)cc3Cl)c(Br)c2)c1C. The van der Waals surface area contributed by atoms with Gasteiger partial charge in [0.15, 0.2) is 0 Å². The molecule has 3 aromatic carbocycles. The molecule has 0 amide bonds. The summed E-state index contributed by atoms with van der Waals surface area (Å²) in [6.45, 7) is 4.50. The van der Waals surface area contributed by atoms with Gasteiger partial charge in [0.25, 0.3) is 0 Å². The molecule has 0 fully saturated rings. The number of halogens is 4. The number of benzene rings is 3. The number of ether oxygens (including phenoxy) is 1. The van der Waals surface area contributed by atoms with Gasteiger partial charge in [-0.3, -0.25) is 4.99 Å². The zero-order valence-electron chi connectivity index (χ0n) is 15.3. The van der Waals surface area contributed by atoms with E-state index >= 15 is 0 Å². The van der Waals surface area contributed by atoms with Gasteiger partial charge in [-0.15, -0.1) is 0 Å². The molecule has 28 heavy (non-hydrogen) atoms. The maximum atomic E-state index is 6.22. The van der Waals surface area contributed by atoms with Gasteiger partial charge in [0, 0.05) is 21.8 Å². The number of rotatable bonds is 5. The molecule has 0 spiro atoms.